The molecule has 128 valence electrons. The summed E-state index contributed by atoms with van der Waals surface area (Å²) in [7, 11) is 0. The minimum Gasteiger partial charge on any atom is -0.494 e. The van der Waals surface area contributed by atoms with Crippen molar-refractivity contribution in [2.24, 2.45) is 0 Å². The first kappa shape index (κ1) is 14.4. The lowest BCUT2D eigenvalue weighted by Crippen LogP contribution is -2.30. The number of anilines is 1. The van der Waals surface area contributed by atoms with E-state index >= 15 is 0 Å². The first-order valence-corrected chi connectivity index (χ1v) is 8.52. The van der Waals surface area contributed by atoms with E-state index in [0.29, 0.717) is 16.9 Å². The van der Waals surface area contributed by atoms with Gasteiger partial charge in [0.1, 0.15) is 0 Å². The Morgan fingerprint density at radius 1 is 1.04 bits per heavy atom. The third-order valence-corrected chi connectivity index (χ3v) is 4.80. The zero-order chi connectivity index (χ0) is 16.8. The highest BCUT2D eigenvalue weighted by Gasteiger charge is 2.19. The molecule has 4 heterocycles. The Morgan fingerprint density at radius 3 is 2.76 bits per heavy atom. The maximum atomic E-state index is 10.6. The van der Waals surface area contributed by atoms with Crippen molar-refractivity contribution >= 4 is 16.9 Å². The molecule has 7 heteroatoms. The van der Waals surface area contributed by atoms with Crippen LogP contribution in [0, 0.1) is 0 Å². The predicted molar refractivity (Wildman–Crippen MR) is 92.7 cm³/mol. The zero-order valence-corrected chi connectivity index (χ0v) is 13.7. The highest BCUT2D eigenvalue weighted by atomic mass is 16.7. The maximum absolute atomic E-state index is 10.6. The van der Waals surface area contributed by atoms with E-state index in [4.69, 9.17) is 9.47 Å². The molecule has 2 aliphatic rings. The van der Waals surface area contributed by atoms with Gasteiger partial charge in [-0.05, 0) is 31.4 Å². The summed E-state index contributed by atoms with van der Waals surface area (Å²) in [6, 6.07) is 5.57. The summed E-state index contributed by atoms with van der Waals surface area (Å²) in [5, 5.41) is 11.2. The lowest BCUT2D eigenvalue weighted by atomic mass is 10.1. The van der Waals surface area contributed by atoms with Gasteiger partial charge in [0.15, 0.2) is 11.5 Å². The van der Waals surface area contributed by atoms with E-state index in [9.17, 15) is 5.11 Å². The molecule has 2 aliphatic heterocycles. The van der Waals surface area contributed by atoms with Gasteiger partial charge < -0.3 is 19.5 Å². The number of piperidine rings is 1. The number of hydrogen-bond acceptors (Lipinski definition) is 6. The van der Waals surface area contributed by atoms with E-state index in [1.807, 2.05) is 24.4 Å². The number of ether oxygens (including phenoxy) is 2. The first-order valence-electron chi connectivity index (χ1n) is 8.52. The Bertz CT molecular complexity index is 947. The van der Waals surface area contributed by atoms with E-state index in [0.717, 1.165) is 30.2 Å². The topological polar surface area (TPSA) is 72.6 Å². The minimum atomic E-state index is 0.124. The average Bonchev–Trinajstić information content (AvgIpc) is 3.26. The van der Waals surface area contributed by atoms with E-state index < -0.39 is 0 Å². The van der Waals surface area contributed by atoms with Gasteiger partial charge in [-0.15, -0.1) is 0 Å². The fraction of sp³-hybridized carbons (Fsp3) is 0.333. The molecule has 5 rings (SSSR count). The molecule has 1 N–H and O–H groups in total. The molecule has 25 heavy (non-hydrogen) atoms. The quantitative estimate of drug-likeness (QED) is 0.775. The van der Waals surface area contributed by atoms with Crippen LogP contribution in [0.1, 0.15) is 19.3 Å². The fourth-order valence-electron chi connectivity index (χ4n) is 3.45. The maximum Gasteiger partial charge on any atom is 0.231 e. The molecule has 0 amide bonds. The summed E-state index contributed by atoms with van der Waals surface area (Å²) in [5.74, 6) is 2.25. The van der Waals surface area contributed by atoms with Gasteiger partial charge in [-0.1, -0.05) is 0 Å². The molecule has 0 unspecified atom stereocenters. The van der Waals surface area contributed by atoms with Gasteiger partial charge in [0.2, 0.25) is 18.6 Å². The smallest absolute Gasteiger partial charge is 0.231 e. The van der Waals surface area contributed by atoms with E-state index in [1.54, 1.807) is 10.8 Å². The van der Waals surface area contributed by atoms with Crippen LogP contribution < -0.4 is 14.4 Å². The van der Waals surface area contributed by atoms with Crippen molar-refractivity contribution in [2.45, 2.75) is 19.3 Å². The third-order valence-electron chi connectivity index (χ3n) is 4.80. The molecule has 0 spiro atoms. The summed E-state index contributed by atoms with van der Waals surface area (Å²) in [6.45, 7) is 2.20. The highest BCUT2D eigenvalue weighted by Crippen LogP contribution is 2.36. The molecule has 3 aromatic rings. The van der Waals surface area contributed by atoms with Crippen molar-refractivity contribution in [1.29, 1.82) is 0 Å². The second-order valence-electron chi connectivity index (χ2n) is 6.38. The molecular weight excluding hydrogens is 320 g/mol. The molecule has 0 radical (unpaired) electrons. The number of fused-ring (bicyclic) bond motifs is 2. The van der Waals surface area contributed by atoms with Crippen molar-refractivity contribution in [2.75, 3.05) is 24.8 Å². The van der Waals surface area contributed by atoms with Crippen LogP contribution in [0.2, 0.25) is 0 Å². The Labute approximate surface area is 144 Å². The second kappa shape index (κ2) is 5.54. The largest absolute Gasteiger partial charge is 0.494 e. The number of benzene rings is 1. The fourth-order valence-corrected chi connectivity index (χ4v) is 3.45. The molecule has 0 atom stereocenters. The van der Waals surface area contributed by atoms with Gasteiger partial charge in [-0.3, -0.25) is 4.57 Å². The zero-order valence-electron chi connectivity index (χ0n) is 13.7. The number of nitrogens with zero attached hydrogens (tertiary/aromatic N) is 4. The van der Waals surface area contributed by atoms with Crippen LogP contribution in [0.5, 0.6) is 17.4 Å². The summed E-state index contributed by atoms with van der Waals surface area (Å²) in [4.78, 5) is 11.3. The van der Waals surface area contributed by atoms with Crippen LogP contribution in [0.15, 0.2) is 30.6 Å². The summed E-state index contributed by atoms with van der Waals surface area (Å²) < 4.78 is 12.5. The average molecular weight is 338 g/mol. The van der Waals surface area contributed by atoms with Crippen LogP contribution in [0.4, 0.5) is 5.95 Å². The summed E-state index contributed by atoms with van der Waals surface area (Å²) >= 11 is 0. The van der Waals surface area contributed by atoms with Gasteiger partial charge in [0.05, 0.1) is 16.6 Å². The second-order valence-corrected chi connectivity index (χ2v) is 6.38. The molecule has 1 aromatic carbocycles. The monoisotopic (exact) mass is 338 g/mol. The van der Waals surface area contributed by atoms with Gasteiger partial charge in [-0.2, -0.15) is 0 Å². The van der Waals surface area contributed by atoms with Gasteiger partial charge in [0.25, 0.3) is 0 Å². The molecule has 2 aromatic heterocycles. The first-order chi connectivity index (χ1) is 12.3. The Kier molecular flexibility index (Phi) is 3.19. The minimum absolute atomic E-state index is 0.124. The lowest BCUT2D eigenvalue weighted by Gasteiger charge is -2.26. The van der Waals surface area contributed by atoms with Crippen LogP contribution in [0.3, 0.4) is 0 Å². The molecule has 0 bridgehead atoms. The SMILES string of the molecule is Oc1c2cnc(N3CCCCC3)nc2cn1-c1ccc2c(c1)OCO2. The summed E-state index contributed by atoms with van der Waals surface area (Å²) in [5.41, 5.74) is 1.52. The van der Waals surface area contributed by atoms with Gasteiger partial charge >= 0.3 is 0 Å². The normalized spacial score (nSPS) is 16.6. The number of hydrogen-bond donors (Lipinski definition) is 1. The van der Waals surface area contributed by atoms with Crippen LogP contribution in [-0.2, 0) is 0 Å². The van der Waals surface area contributed by atoms with Crippen LogP contribution in [-0.4, -0.2) is 39.5 Å². The number of aromatic hydroxyl groups is 1. The third kappa shape index (κ3) is 2.34. The van der Waals surface area contributed by atoms with Crippen molar-refractivity contribution in [3.05, 3.63) is 30.6 Å². The van der Waals surface area contributed by atoms with E-state index in [1.165, 1.54) is 19.3 Å². The van der Waals surface area contributed by atoms with Gasteiger partial charge in [-0.25, -0.2) is 9.97 Å². The number of aromatic nitrogens is 3. The molecular formula is C18H18N4O3. The van der Waals surface area contributed by atoms with Crippen molar-refractivity contribution < 1.29 is 14.6 Å². The van der Waals surface area contributed by atoms with E-state index in [2.05, 4.69) is 14.9 Å². The van der Waals surface area contributed by atoms with Crippen molar-refractivity contribution in [3.8, 4) is 23.1 Å². The predicted octanol–water partition coefficient (Wildman–Crippen LogP) is 2.85. The van der Waals surface area contributed by atoms with Crippen LogP contribution in [0.25, 0.3) is 16.6 Å². The highest BCUT2D eigenvalue weighted by molar-refractivity contribution is 5.85. The van der Waals surface area contributed by atoms with Gasteiger partial charge in [0, 0.05) is 31.5 Å². The molecule has 0 aliphatic carbocycles. The van der Waals surface area contributed by atoms with Crippen molar-refractivity contribution in [1.82, 2.24) is 14.5 Å². The number of rotatable bonds is 2. The molecule has 1 saturated heterocycles. The van der Waals surface area contributed by atoms with E-state index in [-0.39, 0.29) is 12.7 Å². The molecule has 7 nitrogen and oxygen atoms in total. The summed E-state index contributed by atoms with van der Waals surface area (Å²) in [6.07, 6.45) is 7.14. The van der Waals surface area contributed by atoms with Crippen molar-refractivity contribution in [3.63, 3.8) is 0 Å². The van der Waals surface area contributed by atoms with Crippen LogP contribution >= 0.6 is 0 Å². The standard InChI is InChI=1S/C18H18N4O3/c23-17-13-9-19-18(21-6-2-1-3-7-21)20-14(13)10-22(17)12-4-5-15-16(8-12)25-11-24-15/h4-5,8-10,23H,1-3,6-7,11H2. The Hall–Kier alpha value is -2.96. The molecule has 0 saturated carbocycles. The lowest BCUT2D eigenvalue weighted by molar-refractivity contribution is 0.174. The Balaban J connectivity index is 1.56. The Morgan fingerprint density at radius 2 is 1.88 bits per heavy atom. The molecule has 1 fully saturated rings.